The third kappa shape index (κ3) is 6.70. The van der Waals surface area contributed by atoms with E-state index in [2.05, 4.69) is 11.9 Å². The van der Waals surface area contributed by atoms with Gasteiger partial charge in [-0.25, -0.2) is 0 Å². The Morgan fingerprint density at radius 3 is 2.95 bits per heavy atom. The Bertz CT molecular complexity index is 382. The molecule has 1 atom stereocenters. The standard InChI is InChI=1S/C16H25NO3/c1-3-7-14-8-4-5-9-16(14)20-13-15(18)12-17-10-6-11-19-2/h3-5,8-9,15,17-18H,1,6-7,10-13H2,2H3. The molecular weight excluding hydrogens is 254 g/mol. The van der Waals surface area contributed by atoms with Gasteiger partial charge in [0, 0.05) is 20.3 Å². The van der Waals surface area contributed by atoms with Crippen LogP contribution in [-0.4, -0.2) is 44.6 Å². The minimum Gasteiger partial charge on any atom is -0.491 e. The molecule has 0 radical (unpaired) electrons. The molecule has 0 amide bonds. The van der Waals surface area contributed by atoms with Crippen LogP contribution in [-0.2, 0) is 11.2 Å². The Kier molecular flexibility index (Phi) is 8.71. The maximum Gasteiger partial charge on any atom is 0.122 e. The van der Waals surface area contributed by atoms with Crippen LogP contribution >= 0.6 is 0 Å². The Morgan fingerprint density at radius 2 is 2.20 bits per heavy atom. The first kappa shape index (κ1) is 16.7. The van der Waals surface area contributed by atoms with E-state index >= 15 is 0 Å². The molecule has 4 nitrogen and oxygen atoms in total. The molecule has 20 heavy (non-hydrogen) atoms. The first-order valence-corrected chi connectivity index (χ1v) is 6.97. The third-order valence-corrected chi connectivity index (χ3v) is 2.85. The SMILES string of the molecule is C=CCc1ccccc1OCC(O)CNCCCOC. The Labute approximate surface area is 121 Å². The first-order chi connectivity index (χ1) is 9.77. The largest absolute Gasteiger partial charge is 0.491 e. The van der Waals surface area contributed by atoms with Crippen LogP contribution in [0.3, 0.4) is 0 Å². The van der Waals surface area contributed by atoms with Crippen molar-refractivity contribution in [2.45, 2.75) is 18.9 Å². The summed E-state index contributed by atoms with van der Waals surface area (Å²) in [6.07, 6.45) is 3.03. The molecule has 1 aromatic rings. The Hall–Kier alpha value is -1.36. The van der Waals surface area contributed by atoms with Crippen LogP contribution < -0.4 is 10.1 Å². The van der Waals surface area contributed by atoms with Gasteiger partial charge >= 0.3 is 0 Å². The summed E-state index contributed by atoms with van der Waals surface area (Å²) >= 11 is 0. The number of rotatable bonds is 11. The fourth-order valence-corrected chi connectivity index (χ4v) is 1.82. The van der Waals surface area contributed by atoms with Crippen molar-refractivity contribution in [3.63, 3.8) is 0 Å². The molecule has 0 aromatic heterocycles. The average molecular weight is 279 g/mol. The molecule has 2 N–H and O–H groups in total. The van der Waals surface area contributed by atoms with E-state index < -0.39 is 6.10 Å². The predicted molar refractivity (Wildman–Crippen MR) is 81.2 cm³/mol. The second kappa shape index (κ2) is 10.4. The van der Waals surface area contributed by atoms with Crippen LogP contribution in [0.25, 0.3) is 0 Å². The number of aliphatic hydroxyl groups excluding tert-OH is 1. The van der Waals surface area contributed by atoms with Gasteiger partial charge in [-0.05, 0) is 31.0 Å². The molecule has 4 heteroatoms. The van der Waals surface area contributed by atoms with Crippen LogP contribution in [0.4, 0.5) is 0 Å². The summed E-state index contributed by atoms with van der Waals surface area (Å²) in [4.78, 5) is 0. The quantitative estimate of drug-likeness (QED) is 0.479. The normalized spacial score (nSPS) is 12.1. The van der Waals surface area contributed by atoms with E-state index in [1.165, 1.54) is 0 Å². The lowest BCUT2D eigenvalue weighted by Gasteiger charge is -2.15. The van der Waals surface area contributed by atoms with E-state index in [0.29, 0.717) is 6.54 Å². The molecule has 0 aliphatic carbocycles. The molecule has 1 aromatic carbocycles. The number of ether oxygens (including phenoxy) is 2. The summed E-state index contributed by atoms with van der Waals surface area (Å²) in [5.74, 6) is 0.811. The van der Waals surface area contributed by atoms with Crippen molar-refractivity contribution in [3.05, 3.63) is 42.5 Å². The topological polar surface area (TPSA) is 50.7 Å². The number of nitrogens with one attached hydrogen (secondary N) is 1. The van der Waals surface area contributed by atoms with E-state index in [0.717, 1.165) is 37.3 Å². The zero-order valence-corrected chi connectivity index (χ0v) is 12.2. The summed E-state index contributed by atoms with van der Waals surface area (Å²) in [6.45, 7) is 6.10. The van der Waals surface area contributed by atoms with Crippen molar-refractivity contribution >= 4 is 0 Å². The van der Waals surface area contributed by atoms with Gasteiger partial charge in [0.1, 0.15) is 18.5 Å². The number of hydrogen-bond donors (Lipinski definition) is 2. The molecule has 1 unspecified atom stereocenters. The lowest BCUT2D eigenvalue weighted by Crippen LogP contribution is -2.32. The van der Waals surface area contributed by atoms with Crippen molar-refractivity contribution in [2.24, 2.45) is 0 Å². The summed E-state index contributed by atoms with van der Waals surface area (Å²) in [6, 6.07) is 7.82. The van der Waals surface area contributed by atoms with Crippen LogP contribution in [0.1, 0.15) is 12.0 Å². The fraction of sp³-hybridized carbons (Fsp3) is 0.500. The molecular formula is C16H25NO3. The molecule has 0 aliphatic rings. The van der Waals surface area contributed by atoms with E-state index in [-0.39, 0.29) is 6.61 Å². The average Bonchev–Trinajstić information content (AvgIpc) is 2.46. The monoisotopic (exact) mass is 279 g/mol. The van der Waals surface area contributed by atoms with Gasteiger partial charge in [0.25, 0.3) is 0 Å². The predicted octanol–water partition coefficient (Wildman–Crippen LogP) is 1.78. The van der Waals surface area contributed by atoms with E-state index in [1.54, 1.807) is 7.11 Å². The van der Waals surface area contributed by atoms with Crippen molar-refractivity contribution in [1.82, 2.24) is 5.32 Å². The van der Waals surface area contributed by atoms with Crippen molar-refractivity contribution in [2.75, 3.05) is 33.4 Å². The molecule has 0 aliphatic heterocycles. The minimum absolute atomic E-state index is 0.283. The minimum atomic E-state index is -0.519. The number of allylic oxidation sites excluding steroid dienone is 1. The molecule has 0 bridgehead atoms. The third-order valence-electron chi connectivity index (χ3n) is 2.85. The maximum absolute atomic E-state index is 9.85. The Morgan fingerprint density at radius 1 is 1.40 bits per heavy atom. The van der Waals surface area contributed by atoms with Crippen molar-refractivity contribution < 1.29 is 14.6 Å². The highest BCUT2D eigenvalue weighted by atomic mass is 16.5. The smallest absolute Gasteiger partial charge is 0.122 e. The molecule has 0 saturated heterocycles. The highest BCUT2D eigenvalue weighted by Crippen LogP contribution is 2.18. The maximum atomic E-state index is 9.85. The van der Waals surface area contributed by atoms with E-state index in [9.17, 15) is 5.11 Å². The summed E-state index contributed by atoms with van der Waals surface area (Å²) in [5.41, 5.74) is 1.09. The van der Waals surface area contributed by atoms with Crippen LogP contribution in [0.2, 0.25) is 0 Å². The molecule has 0 heterocycles. The molecule has 0 fully saturated rings. The van der Waals surface area contributed by atoms with Crippen LogP contribution in [0, 0.1) is 0 Å². The summed E-state index contributed by atoms with van der Waals surface area (Å²) in [7, 11) is 1.68. The lowest BCUT2D eigenvalue weighted by molar-refractivity contribution is 0.105. The van der Waals surface area contributed by atoms with Crippen LogP contribution in [0.5, 0.6) is 5.75 Å². The lowest BCUT2D eigenvalue weighted by atomic mass is 10.1. The molecule has 0 spiro atoms. The highest BCUT2D eigenvalue weighted by molar-refractivity contribution is 5.34. The van der Waals surface area contributed by atoms with Gasteiger partial charge in [0.15, 0.2) is 0 Å². The number of aliphatic hydroxyl groups is 1. The summed E-state index contributed by atoms with van der Waals surface area (Å²) in [5, 5.41) is 13.0. The highest BCUT2D eigenvalue weighted by Gasteiger charge is 2.07. The molecule has 112 valence electrons. The summed E-state index contributed by atoms with van der Waals surface area (Å²) < 4.78 is 10.6. The molecule has 1 rings (SSSR count). The number of methoxy groups -OCH3 is 1. The number of hydrogen-bond acceptors (Lipinski definition) is 4. The number of para-hydroxylation sites is 1. The van der Waals surface area contributed by atoms with Gasteiger partial charge in [0.2, 0.25) is 0 Å². The van der Waals surface area contributed by atoms with Gasteiger partial charge in [-0.15, -0.1) is 6.58 Å². The van der Waals surface area contributed by atoms with E-state index in [4.69, 9.17) is 9.47 Å². The zero-order chi connectivity index (χ0) is 14.6. The molecule has 0 saturated carbocycles. The van der Waals surface area contributed by atoms with E-state index in [1.807, 2.05) is 30.3 Å². The van der Waals surface area contributed by atoms with Crippen molar-refractivity contribution in [3.8, 4) is 5.75 Å². The first-order valence-electron chi connectivity index (χ1n) is 6.97. The second-order valence-corrected chi connectivity index (χ2v) is 4.62. The Balaban J connectivity index is 2.26. The van der Waals surface area contributed by atoms with Gasteiger partial charge in [-0.2, -0.15) is 0 Å². The van der Waals surface area contributed by atoms with Gasteiger partial charge in [-0.3, -0.25) is 0 Å². The number of benzene rings is 1. The van der Waals surface area contributed by atoms with Gasteiger partial charge in [0.05, 0.1) is 0 Å². The zero-order valence-electron chi connectivity index (χ0n) is 12.2. The fourth-order valence-electron chi connectivity index (χ4n) is 1.82. The second-order valence-electron chi connectivity index (χ2n) is 4.62. The van der Waals surface area contributed by atoms with Crippen molar-refractivity contribution in [1.29, 1.82) is 0 Å². The van der Waals surface area contributed by atoms with Crippen LogP contribution in [0.15, 0.2) is 36.9 Å². The van der Waals surface area contributed by atoms with Gasteiger partial charge in [-0.1, -0.05) is 24.3 Å². The van der Waals surface area contributed by atoms with Gasteiger partial charge < -0.3 is 19.9 Å².